The van der Waals surface area contributed by atoms with Crippen LogP contribution >= 0.6 is 0 Å². The quantitative estimate of drug-likeness (QED) is 0.864. The lowest BCUT2D eigenvalue weighted by Gasteiger charge is -2.38. The molecule has 3 unspecified atom stereocenters. The molecule has 1 aliphatic heterocycles. The van der Waals surface area contributed by atoms with Gasteiger partial charge in [-0.1, -0.05) is 60.7 Å². The van der Waals surface area contributed by atoms with Gasteiger partial charge in [0, 0.05) is 6.54 Å². The Kier molecular flexibility index (Phi) is 5.21. The van der Waals surface area contributed by atoms with Crippen LogP contribution < -0.4 is 5.32 Å². The molecule has 1 saturated heterocycles. The van der Waals surface area contributed by atoms with E-state index in [4.69, 9.17) is 9.47 Å². The highest BCUT2D eigenvalue weighted by Gasteiger charge is 2.37. The molecule has 2 aromatic carbocycles. The number of esters is 1. The van der Waals surface area contributed by atoms with E-state index in [0.29, 0.717) is 6.54 Å². The second-order valence-corrected chi connectivity index (χ2v) is 7.29. The summed E-state index contributed by atoms with van der Waals surface area (Å²) < 4.78 is 11.7. The van der Waals surface area contributed by atoms with Crippen molar-refractivity contribution < 1.29 is 14.3 Å². The van der Waals surface area contributed by atoms with Crippen LogP contribution in [0.3, 0.4) is 0 Å². The first-order valence-corrected chi connectivity index (χ1v) is 8.65. The largest absolute Gasteiger partial charge is 0.458 e. The summed E-state index contributed by atoms with van der Waals surface area (Å²) in [5.41, 5.74) is 1.65. The van der Waals surface area contributed by atoms with Crippen LogP contribution in [-0.2, 0) is 14.3 Å². The highest BCUT2D eigenvalue weighted by molar-refractivity contribution is 5.75. The van der Waals surface area contributed by atoms with E-state index in [1.165, 1.54) is 0 Å². The van der Waals surface area contributed by atoms with Gasteiger partial charge in [-0.05, 0) is 31.9 Å². The maximum atomic E-state index is 12.4. The molecule has 2 aromatic rings. The highest BCUT2D eigenvalue weighted by Crippen LogP contribution is 2.36. The van der Waals surface area contributed by atoms with Gasteiger partial charge in [-0.3, -0.25) is 0 Å². The topological polar surface area (TPSA) is 47.6 Å². The van der Waals surface area contributed by atoms with Gasteiger partial charge in [0.05, 0.1) is 6.04 Å². The van der Waals surface area contributed by atoms with Crippen LogP contribution in [0.2, 0.25) is 0 Å². The molecule has 1 fully saturated rings. The van der Waals surface area contributed by atoms with Crippen LogP contribution in [0.1, 0.15) is 44.0 Å². The number of hydrogen-bond donors (Lipinski definition) is 1. The number of nitrogens with one attached hydrogen (secondary N) is 1. The van der Waals surface area contributed by atoms with E-state index < -0.39 is 11.7 Å². The molecule has 0 bridgehead atoms. The Morgan fingerprint density at radius 1 is 1.00 bits per heavy atom. The first-order valence-electron chi connectivity index (χ1n) is 8.65. The predicted octanol–water partition coefficient (Wildman–Crippen LogP) is 3.80. The van der Waals surface area contributed by atoms with Crippen LogP contribution in [0.4, 0.5) is 0 Å². The molecule has 132 valence electrons. The molecule has 0 radical (unpaired) electrons. The summed E-state index contributed by atoms with van der Waals surface area (Å²) in [4.78, 5) is 12.4. The van der Waals surface area contributed by atoms with Crippen molar-refractivity contribution in [2.24, 2.45) is 0 Å². The Balaban J connectivity index is 1.84. The van der Waals surface area contributed by atoms with Gasteiger partial charge in [-0.15, -0.1) is 0 Å². The molecule has 1 heterocycles. The van der Waals surface area contributed by atoms with Crippen molar-refractivity contribution in [3.8, 4) is 0 Å². The second kappa shape index (κ2) is 7.38. The number of benzene rings is 2. The molecule has 3 rings (SSSR count). The number of rotatable bonds is 3. The Bertz CT molecular complexity index is 694. The minimum absolute atomic E-state index is 0.0118. The average Bonchev–Trinajstić information content (AvgIpc) is 2.61. The molecule has 1 N–H and O–H groups in total. The lowest BCUT2D eigenvalue weighted by Crippen LogP contribution is -2.48. The molecule has 0 aromatic heterocycles. The monoisotopic (exact) mass is 339 g/mol. The number of carbonyl (C=O) groups excluding carboxylic acids is 1. The van der Waals surface area contributed by atoms with E-state index in [-0.39, 0.29) is 18.1 Å². The lowest BCUT2D eigenvalue weighted by molar-refractivity contribution is -0.178. The zero-order chi connectivity index (χ0) is 17.9. The SMILES string of the molecule is CC(C)(C)OC(=O)C1CNC(c2ccccc2)C(c2ccccc2)O1. The van der Waals surface area contributed by atoms with Crippen molar-refractivity contribution in [2.45, 2.75) is 44.6 Å². The normalized spacial score (nSPS) is 23.9. The first-order chi connectivity index (χ1) is 11.9. The Morgan fingerprint density at radius 3 is 2.12 bits per heavy atom. The van der Waals surface area contributed by atoms with Crippen molar-refractivity contribution in [3.63, 3.8) is 0 Å². The number of morpholine rings is 1. The molecule has 0 saturated carbocycles. The van der Waals surface area contributed by atoms with E-state index >= 15 is 0 Å². The maximum Gasteiger partial charge on any atom is 0.337 e. The standard InChI is InChI=1S/C21H25NO3/c1-21(2,3)25-20(23)17-14-22-18(15-10-6-4-7-11-15)19(24-17)16-12-8-5-9-13-16/h4-13,17-19,22H,14H2,1-3H3. The van der Waals surface area contributed by atoms with Crippen molar-refractivity contribution in [1.82, 2.24) is 5.32 Å². The molecule has 0 aliphatic carbocycles. The van der Waals surface area contributed by atoms with Crippen LogP contribution in [0.5, 0.6) is 0 Å². The maximum absolute atomic E-state index is 12.4. The summed E-state index contributed by atoms with van der Waals surface area (Å²) >= 11 is 0. The average molecular weight is 339 g/mol. The molecule has 3 atom stereocenters. The summed E-state index contributed by atoms with van der Waals surface area (Å²) in [5, 5.41) is 3.47. The summed E-state index contributed by atoms with van der Waals surface area (Å²) in [6.45, 7) is 6.02. The Morgan fingerprint density at radius 2 is 1.56 bits per heavy atom. The van der Waals surface area contributed by atoms with Crippen molar-refractivity contribution in [1.29, 1.82) is 0 Å². The Labute approximate surface area is 149 Å². The summed E-state index contributed by atoms with van der Waals surface area (Å²) in [6, 6.07) is 20.2. The summed E-state index contributed by atoms with van der Waals surface area (Å²) in [6.07, 6.45) is -0.876. The number of carbonyl (C=O) groups is 1. The molecular formula is C21H25NO3. The molecule has 4 heteroatoms. The fourth-order valence-corrected chi connectivity index (χ4v) is 3.02. The summed E-state index contributed by atoms with van der Waals surface area (Å²) in [7, 11) is 0. The minimum atomic E-state index is -0.621. The zero-order valence-corrected chi connectivity index (χ0v) is 14.9. The zero-order valence-electron chi connectivity index (χ0n) is 14.9. The van der Waals surface area contributed by atoms with Crippen LogP contribution in [-0.4, -0.2) is 24.2 Å². The van der Waals surface area contributed by atoms with Crippen molar-refractivity contribution in [2.75, 3.05) is 6.54 Å². The third-order valence-electron chi connectivity index (χ3n) is 4.09. The predicted molar refractivity (Wildman–Crippen MR) is 97.1 cm³/mol. The fraction of sp³-hybridized carbons (Fsp3) is 0.381. The smallest absolute Gasteiger partial charge is 0.337 e. The van der Waals surface area contributed by atoms with Crippen molar-refractivity contribution in [3.05, 3.63) is 71.8 Å². The third kappa shape index (κ3) is 4.47. The van der Waals surface area contributed by atoms with E-state index in [2.05, 4.69) is 17.4 Å². The number of hydrogen-bond acceptors (Lipinski definition) is 4. The molecule has 25 heavy (non-hydrogen) atoms. The molecule has 0 spiro atoms. The molecule has 0 amide bonds. The Hall–Kier alpha value is -2.17. The number of ether oxygens (including phenoxy) is 2. The lowest BCUT2D eigenvalue weighted by atomic mass is 9.93. The molecule has 4 nitrogen and oxygen atoms in total. The van der Waals surface area contributed by atoms with Gasteiger partial charge in [-0.25, -0.2) is 4.79 Å². The summed E-state index contributed by atoms with van der Waals surface area (Å²) in [5.74, 6) is -0.326. The van der Waals surface area contributed by atoms with Crippen molar-refractivity contribution >= 4 is 5.97 Å². The fourth-order valence-electron chi connectivity index (χ4n) is 3.02. The van der Waals surface area contributed by atoms with E-state index in [9.17, 15) is 4.79 Å². The van der Waals surface area contributed by atoms with Gasteiger partial charge >= 0.3 is 5.97 Å². The molecule has 1 aliphatic rings. The van der Waals surface area contributed by atoms with Gasteiger partial charge in [0.1, 0.15) is 11.7 Å². The van der Waals surface area contributed by atoms with Crippen LogP contribution in [0, 0.1) is 0 Å². The molecular weight excluding hydrogens is 314 g/mol. The van der Waals surface area contributed by atoms with Gasteiger partial charge < -0.3 is 14.8 Å². The minimum Gasteiger partial charge on any atom is -0.458 e. The van der Waals surface area contributed by atoms with E-state index in [0.717, 1.165) is 11.1 Å². The second-order valence-electron chi connectivity index (χ2n) is 7.29. The van der Waals surface area contributed by atoms with Gasteiger partial charge in [0.2, 0.25) is 0 Å². The first kappa shape index (κ1) is 17.6. The van der Waals surface area contributed by atoms with Gasteiger partial charge in [0.15, 0.2) is 6.10 Å². The van der Waals surface area contributed by atoms with Gasteiger partial charge in [-0.2, -0.15) is 0 Å². The van der Waals surface area contributed by atoms with Crippen LogP contribution in [0.15, 0.2) is 60.7 Å². The van der Waals surface area contributed by atoms with Crippen LogP contribution in [0.25, 0.3) is 0 Å². The van der Waals surface area contributed by atoms with Gasteiger partial charge in [0.25, 0.3) is 0 Å². The van der Waals surface area contributed by atoms with E-state index in [1.807, 2.05) is 69.3 Å². The third-order valence-corrected chi connectivity index (χ3v) is 4.09. The van der Waals surface area contributed by atoms with E-state index in [1.54, 1.807) is 0 Å². The highest BCUT2D eigenvalue weighted by atomic mass is 16.6.